The predicted octanol–water partition coefficient (Wildman–Crippen LogP) is 2.53. The van der Waals surface area contributed by atoms with Gasteiger partial charge in [-0.25, -0.2) is 0 Å². The van der Waals surface area contributed by atoms with E-state index >= 15 is 0 Å². The van der Waals surface area contributed by atoms with E-state index in [2.05, 4.69) is 48.8 Å². The Morgan fingerprint density at radius 2 is 2.09 bits per heavy atom. The molecule has 0 aliphatic carbocycles. The Morgan fingerprint density at radius 3 is 2.70 bits per heavy atom. The van der Waals surface area contributed by atoms with Crippen molar-refractivity contribution in [2.75, 3.05) is 39.9 Å². The molecule has 1 heterocycles. The largest absolute Gasteiger partial charge is 0.496 e. The smallest absolute Gasteiger partial charge is 0.121 e. The number of aryl methyl sites for hydroxylation is 1. The molecule has 1 saturated heterocycles. The van der Waals surface area contributed by atoms with E-state index in [1.54, 1.807) is 7.11 Å². The topological polar surface area (TPSA) is 35.9 Å². The third kappa shape index (κ3) is 5.20. The Morgan fingerprint density at radius 1 is 1.30 bits per heavy atom. The number of hydrogen-bond donors (Lipinski definition) is 1. The first kappa shape index (κ1) is 18.2. The summed E-state index contributed by atoms with van der Waals surface area (Å²) in [5, 5.41) is 9.38. The molecule has 23 heavy (non-hydrogen) atoms. The van der Waals surface area contributed by atoms with E-state index in [-0.39, 0.29) is 6.61 Å². The van der Waals surface area contributed by atoms with Crippen molar-refractivity contribution >= 4 is 0 Å². The molecule has 1 N–H and O–H groups in total. The van der Waals surface area contributed by atoms with E-state index in [1.165, 1.54) is 11.1 Å². The van der Waals surface area contributed by atoms with Crippen LogP contribution in [-0.4, -0.2) is 60.8 Å². The Balaban J connectivity index is 1.97. The maximum atomic E-state index is 9.38. The molecule has 0 unspecified atom stereocenters. The lowest BCUT2D eigenvalue weighted by Gasteiger charge is -2.42. The van der Waals surface area contributed by atoms with Gasteiger partial charge in [0, 0.05) is 45.4 Å². The summed E-state index contributed by atoms with van der Waals surface area (Å²) in [6, 6.07) is 6.91. The van der Waals surface area contributed by atoms with Crippen LogP contribution >= 0.6 is 0 Å². The van der Waals surface area contributed by atoms with E-state index in [4.69, 9.17) is 4.74 Å². The van der Waals surface area contributed by atoms with Crippen LogP contribution in [0.5, 0.6) is 5.75 Å². The van der Waals surface area contributed by atoms with Crippen molar-refractivity contribution in [2.24, 2.45) is 5.92 Å². The van der Waals surface area contributed by atoms with Crippen LogP contribution < -0.4 is 4.74 Å². The SMILES string of the molecule is COc1ccc(CN2CCN(CC(C)C)[C@H](CCO)C2)cc1C. The van der Waals surface area contributed by atoms with Gasteiger partial charge in [0.2, 0.25) is 0 Å². The van der Waals surface area contributed by atoms with E-state index in [9.17, 15) is 5.11 Å². The van der Waals surface area contributed by atoms with Crippen molar-refractivity contribution < 1.29 is 9.84 Å². The normalized spacial score (nSPS) is 20.2. The fourth-order valence-corrected chi connectivity index (χ4v) is 3.53. The maximum Gasteiger partial charge on any atom is 0.121 e. The number of rotatable bonds is 7. The van der Waals surface area contributed by atoms with Crippen LogP contribution in [0, 0.1) is 12.8 Å². The first-order valence-electron chi connectivity index (χ1n) is 8.74. The Bertz CT molecular complexity index is 490. The van der Waals surface area contributed by atoms with Crippen molar-refractivity contribution in [1.29, 1.82) is 0 Å². The third-order valence-corrected chi connectivity index (χ3v) is 4.62. The summed E-state index contributed by atoms with van der Waals surface area (Å²) in [4.78, 5) is 5.06. The number of hydrogen-bond acceptors (Lipinski definition) is 4. The molecule has 0 spiro atoms. The molecule has 1 aromatic carbocycles. The van der Waals surface area contributed by atoms with E-state index in [0.717, 1.165) is 44.9 Å². The molecule has 0 saturated carbocycles. The summed E-state index contributed by atoms with van der Waals surface area (Å²) in [7, 11) is 1.72. The highest BCUT2D eigenvalue weighted by atomic mass is 16.5. The van der Waals surface area contributed by atoms with Crippen LogP contribution in [0.2, 0.25) is 0 Å². The lowest BCUT2D eigenvalue weighted by atomic mass is 10.0. The minimum absolute atomic E-state index is 0.273. The molecule has 4 nitrogen and oxygen atoms in total. The lowest BCUT2D eigenvalue weighted by Crippen LogP contribution is -2.53. The van der Waals surface area contributed by atoms with Crippen LogP contribution in [0.3, 0.4) is 0 Å². The highest BCUT2D eigenvalue weighted by Gasteiger charge is 2.26. The summed E-state index contributed by atoms with van der Waals surface area (Å²) in [6.45, 7) is 12.2. The molecule has 1 aromatic rings. The number of nitrogens with zero attached hydrogens (tertiary/aromatic N) is 2. The van der Waals surface area contributed by atoms with Crippen LogP contribution in [0.25, 0.3) is 0 Å². The predicted molar refractivity (Wildman–Crippen MR) is 94.9 cm³/mol. The highest BCUT2D eigenvalue weighted by Crippen LogP contribution is 2.21. The van der Waals surface area contributed by atoms with Gasteiger partial charge in [-0.05, 0) is 36.5 Å². The van der Waals surface area contributed by atoms with Gasteiger partial charge >= 0.3 is 0 Å². The number of ether oxygens (including phenoxy) is 1. The van der Waals surface area contributed by atoms with Gasteiger partial charge in [-0.15, -0.1) is 0 Å². The molecule has 0 radical (unpaired) electrons. The minimum Gasteiger partial charge on any atom is -0.496 e. The average Bonchev–Trinajstić information content (AvgIpc) is 2.50. The molecule has 1 atom stereocenters. The Kier molecular flexibility index (Phi) is 6.88. The van der Waals surface area contributed by atoms with Gasteiger partial charge in [0.05, 0.1) is 7.11 Å². The number of methoxy groups -OCH3 is 1. The van der Waals surface area contributed by atoms with Gasteiger partial charge in [0.25, 0.3) is 0 Å². The summed E-state index contributed by atoms with van der Waals surface area (Å²) in [5.74, 6) is 1.63. The van der Waals surface area contributed by atoms with Crippen molar-refractivity contribution in [3.05, 3.63) is 29.3 Å². The van der Waals surface area contributed by atoms with E-state index < -0.39 is 0 Å². The van der Waals surface area contributed by atoms with Crippen LogP contribution in [-0.2, 0) is 6.54 Å². The lowest BCUT2D eigenvalue weighted by molar-refractivity contribution is 0.0477. The van der Waals surface area contributed by atoms with Gasteiger partial charge in [-0.1, -0.05) is 26.0 Å². The molecule has 0 bridgehead atoms. The molecule has 1 aliphatic heterocycles. The fraction of sp³-hybridized carbons (Fsp3) is 0.684. The van der Waals surface area contributed by atoms with E-state index in [1.807, 2.05) is 0 Å². The molecule has 0 amide bonds. The maximum absolute atomic E-state index is 9.38. The quantitative estimate of drug-likeness (QED) is 0.837. The molecule has 4 heteroatoms. The summed E-state index contributed by atoms with van der Waals surface area (Å²) >= 11 is 0. The summed E-state index contributed by atoms with van der Waals surface area (Å²) in [6.07, 6.45) is 0.866. The first-order chi connectivity index (χ1) is 11.0. The van der Waals surface area contributed by atoms with Gasteiger partial charge in [-0.3, -0.25) is 9.80 Å². The van der Waals surface area contributed by atoms with Crippen molar-refractivity contribution in [3.63, 3.8) is 0 Å². The first-order valence-corrected chi connectivity index (χ1v) is 8.74. The average molecular weight is 320 g/mol. The van der Waals surface area contributed by atoms with Crippen molar-refractivity contribution in [2.45, 2.75) is 39.8 Å². The van der Waals surface area contributed by atoms with Gasteiger partial charge in [0.1, 0.15) is 5.75 Å². The minimum atomic E-state index is 0.273. The molecular weight excluding hydrogens is 288 g/mol. The molecule has 2 rings (SSSR count). The van der Waals surface area contributed by atoms with Gasteiger partial charge in [0.15, 0.2) is 0 Å². The zero-order valence-electron chi connectivity index (χ0n) is 15.1. The molecule has 0 aromatic heterocycles. The zero-order chi connectivity index (χ0) is 16.8. The van der Waals surface area contributed by atoms with Crippen LogP contribution in [0.4, 0.5) is 0 Å². The molecule has 1 fully saturated rings. The summed E-state index contributed by atoms with van der Waals surface area (Å²) in [5.41, 5.74) is 2.53. The molecule has 1 aliphatic rings. The number of benzene rings is 1. The monoisotopic (exact) mass is 320 g/mol. The van der Waals surface area contributed by atoms with Crippen molar-refractivity contribution in [3.8, 4) is 5.75 Å². The van der Waals surface area contributed by atoms with Gasteiger partial charge < -0.3 is 9.84 Å². The number of aliphatic hydroxyl groups excluding tert-OH is 1. The van der Waals surface area contributed by atoms with Crippen molar-refractivity contribution in [1.82, 2.24) is 9.80 Å². The zero-order valence-corrected chi connectivity index (χ0v) is 15.1. The number of aliphatic hydroxyl groups is 1. The molecular formula is C19H32N2O2. The summed E-state index contributed by atoms with van der Waals surface area (Å²) < 4.78 is 5.34. The Hall–Kier alpha value is -1.10. The number of piperazine rings is 1. The highest BCUT2D eigenvalue weighted by molar-refractivity contribution is 5.36. The van der Waals surface area contributed by atoms with E-state index in [0.29, 0.717) is 12.0 Å². The molecule has 130 valence electrons. The second kappa shape index (κ2) is 8.67. The second-order valence-electron chi connectivity index (χ2n) is 7.09. The fourth-order valence-electron chi connectivity index (χ4n) is 3.53. The standard InChI is InChI=1S/C19H32N2O2/c1-15(2)12-21-9-8-20(14-18(21)7-10-22)13-17-5-6-19(23-4)16(3)11-17/h5-6,11,15,18,22H,7-10,12-14H2,1-4H3/t18-/m1/s1. The van der Waals surface area contributed by atoms with Gasteiger partial charge in [-0.2, -0.15) is 0 Å². The van der Waals surface area contributed by atoms with Crippen LogP contribution in [0.1, 0.15) is 31.4 Å². The second-order valence-corrected chi connectivity index (χ2v) is 7.09. The van der Waals surface area contributed by atoms with Crippen LogP contribution in [0.15, 0.2) is 18.2 Å². The third-order valence-electron chi connectivity index (χ3n) is 4.62. The Labute approximate surface area is 141 Å².